The third-order valence-electron chi connectivity index (χ3n) is 3.99. The van der Waals surface area contributed by atoms with Crippen molar-refractivity contribution in [1.29, 1.82) is 0 Å². The SMILES string of the molecule is CCNC(=NCC1(C)COC1)NCCc1cc(C)ccc1OC. The van der Waals surface area contributed by atoms with Crippen LogP contribution in [0.5, 0.6) is 5.75 Å². The minimum Gasteiger partial charge on any atom is -0.496 e. The molecule has 1 aromatic rings. The van der Waals surface area contributed by atoms with Crippen LogP contribution in [0.3, 0.4) is 0 Å². The second-order valence-corrected chi connectivity index (χ2v) is 6.49. The molecule has 0 spiro atoms. The average molecular weight is 319 g/mol. The lowest BCUT2D eigenvalue weighted by atomic mass is 9.89. The maximum Gasteiger partial charge on any atom is 0.191 e. The summed E-state index contributed by atoms with van der Waals surface area (Å²) in [5.74, 6) is 1.81. The molecular weight excluding hydrogens is 290 g/mol. The van der Waals surface area contributed by atoms with Gasteiger partial charge >= 0.3 is 0 Å². The van der Waals surface area contributed by atoms with Crippen molar-refractivity contribution in [3.63, 3.8) is 0 Å². The first kappa shape index (κ1) is 17.6. The van der Waals surface area contributed by atoms with Gasteiger partial charge in [-0.2, -0.15) is 0 Å². The van der Waals surface area contributed by atoms with Crippen LogP contribution in [-0.2, 0) is 11.2 Å². The van der Waals surface area contributed by atoms with E-state index in [2.05, 4.69) is 48.5 Å². The molecule has 23 heavy (non-hydrogen) atoms. The smallest absolute Gasteiger partial charge is 0.191 e. The summed E-state index contributed by atoms with van der Waals surface area (Å²) >= 11 is 0. The molecule has 0 saturated carbocycles. The van der Waals surface area contributed by atoms with Crippen LogP contribution in [0.15, 0.2) is 23.2 Å². The molecule has 0 radical (unpaired) electrons. The van der Waals surface area contributed by atoms with Crippen molar-refractivity contribution < 1.29 is 9.47 Å². The van der Waals surface area contributed by atoms with Crippen LogP contribution in [0.1, 0.15) is 25.0 Å². The second kappa shape index (κ2) is 8.20. The Labute approximate surface area is 139 Å². The Bertz CT molecular complexity index is 539. The van der Waals surface area contributed by atoms with Crippen LogP contribution in [0.2, 0.25) is 0 Å². The molecule has 1 saturated heterocycles. The fourth-order valence-corrected chi connectivity index (χ4v) is 2.57. The average Bonchev–Trinajstić information content (AvgIpc) is 2.51. The molecule has 0 unspecified atom stereocenters. The van der Waals surface area contributed by atoms with Crippen LogP contribution < -0.4 is 15.4 Å². The van der Waals surface area contributed by atoms with Crippen molar-refractivity contribution in [2.24, 2.45) is 10.4 Å². The molecule has 1 aliphatic rings. The van der Waals surface area contributed by atoms with E-state index in [0.29, 0.717) is 0 Å². The molecule has 0 bridgehead atoms. The number of hydrogen-bond acceptors (Lipinski definition) is 3. The minimum absolute atomic E-state index is 0.197. The zero-order valence-corrected chi connectivity index (χ0v) is 14.7. The van der Waals surface area contributed by atoms with Crippen LogP contribution >= 0.6 is 0 Å². The van der Waals surface area contributed by atoms with Crippen LogP contribution in [-0.4, -0.2) is 45.9 Å². The summed E-state index contributed by atoms with van der Waals surface area (Å²) in [4.78, 5) is 4.68. The standard InChI is InChI=1S/C18H29N3O2/c1-5-19-17(21-11-18(3)12-23-13-18)20-9-8-15-10-14(2)6-7-16(15)22-4/h6-7,10H,5,8-9,11-13H2,1-4H3,(H2,19,20,21). The van der Waals surface area contributed by atoms with Crippen molar-refractivity contribution in [2.75, 3.05) is 40.0 Å². The Morgan fingerprint density at radius 1 is 1.35 bits per heavy atom. The fraction of sp³-hybridized carbons (Fsp3) is 0.611. The van der Waals surface area contributed by atoms with Crippen LogP contribution in [0, 0.1) is 12.3 Å². The highest BCUT2D eigenvalue weighted by molar-refractivity contribution is 5.79. The first-order valence-electron chi connectivity index (χ1n) is 8.30. The first-order chi connectivity index (χ1) is 11.1. The van der Waals surface area contributed by atoms with E-state index in [0.717, 1.165) is 51.0 Å². The van der Waals surface area contributed by atoms with E-state index in [9.17, 15) is 0 Å². The molecule has 0 aromatic heterocycles. The van der Waals surface area contributed by atoms with E-state index >= 15 is 0 Å². The van der Waals surface area contributed by atoms with Crippen molar-refractivity contribution in [3.05, 3.63) is 29.3 Å². The fourth-order valence-electron chi connectivity index (χ4n) is 2.57. The van der Waals surface area contributed by atoms with E-state index < -0.39 is 0 Å². The van der Waals surface area contributed by atoms with Gasteiger partial charge in [0, 0.05) is 18.5 Å². The molecule has 128 valence electrons. The van der Waals surface area contributed by atoms with Gasteiger partial charge in [0.15, 0.2) is 5.96 Å². The van der Waals surface area contributed by atoms with Gasteiger partial charge in [-0.25, -0.2) is 0 Å². The highest BCUT2D eigenvalue weighted by Crippen LogP contribution is 2.26. The lowest BCUT2D eigenvalue weighted by molar-refractivity contribution is -0.0945. The van der Waals surface area contributed by atoms with E-state index in [1.165, 1.54) is 11.1 Å². The Morgan fingerprint density at radius 3 is 2.74 bits per heavy atom. The van der Waals surface area contributed by atoms with E-state index in [1.807, 2.05) is 6.07 Å². The summed E-state index contributed by atoms with van der Waals surface area (Å²) < 4.78 is 10.7. The van der Waals surface area contributed by atoms with Crippen LogP contribution in [0.25, 0.3) is 0 Å². The van der Waals surface area contributed by atoms with Crippen molar-refractivity contribution in [1.82, 2.24) is 10.6 Å². The highest BCUT2D eigenvalue weighted by Gasteiger charge is 2.33. The van der Waals surface area contributed by atoms with Gasteiger partial charge < -0.3 is 20.1 Å². The lowest BCUT2D eigenvalue weighted by Crippen LogP contribution is -2.44. The number of ether oxygens (including phenoxy) is 2. The molecule has 1 fully saturated rings. The predicted molar refractivity (Wildman–Crippen MR) is 94.3 cm³/mol. The molecule has 1 heterocycles. The molecule has 1 aliphatic heterocycles. The van der Waals surface area contributed by atoms with Gasteiger partial charge in [-0.3, -0.25) is 4.99 Å². The van der Waals surface area contributed by atoms with Crippen molar-refractivity contribution in [3.8, 4) is 5.75 Å². The summed E-state index contributed by atoms with van der Waals surface area (Å²) in [7, 11) is 1.72. The van der Waals surface area contributed by atoms with Gasteiger partial charge in [0.2, 0.25) is 0 Å². The zero-order valence-electron chi connectivity index (χ0n) is 14.7. The van der Waals surface area contributed by atoms with E-state index in [1.54, 1.807) is 7.11 Å². The number of nitrogens with one attached hydrogen (secondary N) is 2. The minimum atomic E-state index is 0.197. The Balaban J connectivity index is 1.88. The topological polar surface area (TPSA) is 54.9 Å². The number of aryl methyl sites for hydroxylation is 1. The molecule has 0 atom stereocenters. The van der Waals surface area contributed by atoms with Crippen LogP contribution in [0.4, 0.5) is 0 Å². The third kappa shape index (κ3) is 5.13. The predicted octanol–water partition coefficient (Wildman–Crippen LogP) is 2.14. The summed E-state index contributed by atoms with van der Waals surface area (Å²) in [5, 5.41) is 6.70. The molecule has 2 rings (SSSR count). The molecule has 5 nitrogen and oxygen atoms in total. The van der Waals surface area contributed by atoms with Gasteiger partial charge in [0.25, 0.3) is 0 Å². The monoisotopic (exact) mass is 319 g/mol. The van der Waals surface area contributed by atoms with Gasteiger partial charge in [0.1, 0.15) is 5.75 Å². The van der Waals surface area contributed by atoms with Gasteiger partial charge in [-0.15, -0.1) is 0 Å². The van der Waals surface area contributed by atoms with Crippen molar-refractivity contribution in [2.45, 2.75) is 27.2 Å². The number of guanidine groups is 1. The number of hydrogen-bond donors (Lipinski definition) is 2. The zero-order chi connectivity index (χ0) is 16.7. The number of rotatable bonds is 7. The summed E-state index contributed by atoms with van der Waals surface area (Å²) in [6.07, 6.45) is 0.898. The van der Waals surface area contributed by atoms with Gasteiger partial charge in [-0.05, 0) is 31.9 Å². The first-order valence-corrected chi connectivity index (χ1v) is 8.30. The Hall–Kier alpha value is -1.75. The van der Waals surface area contributed by atoms with Gasteiger partial charge in [0.05, 0.1) is 26.9 Å². The summed E-state index contributed by atoms with van der Waals surface area (Å²) in [6.45, 7) is 10.5. The third-order valence-corrected chi connectivity index (χ3v) is 3.99. The Morgan fingerprint density at radius 2 is 2.13 bits per heavy atom. The maximum atomic E-state index is 5.43. The Kier molecular flexibility index (Phi) is 6.28. The molecule has 5 heteroatoms. The highest BCUT2D eigenvalue weighted by atomic mass is 16.5. The largest absolute Gasteiger partial charge is 0.496 e. The number of aliphatic imine (C=N–C) groups is 1. The summed E-state index contributed by atoms with van der Waals surface area (Å²) in [6, 6.07) is 6.28. The molecule has 2 N–H and O–H groups in total. The van der Waals surface area contributed by atoms with E-state index in [-0.39, 0.29) is 5.41 Å². The molecule has 1 aromatic carbocycles. The number of benzene rings is 1. The molecule has 0 amide bonds. The maximum absolute atomic E-state index is 5.43. The number of nitrogens with zero attached hydrogens (tertiary/aromatic N) is 1. The molecular formula is C18H29N3O2. The lowest BCUT2D eigenvalue weighted by Gasteiger charge is -2.36. The normalized spacial score (nSPS) is 16.6. The van der Waals surface area contributed by atoms with Gasteiger partial charge in [-0.1, -0.05) is 24.6 Å². The quantitative estimate of drug-likeness (QED) is 0.597. The summed E-state index contributed by atoms with van der Waals surface area (Å²) in [5.41, 5.74) is 2.66. The number of methoxy groups -OCH3 is 1. The second-order valence-electron chi connectivity index (χ2n) is 6.49. The van der Waals surface area contributed by atoms with Crippen molar-refractivity contribution >= 4 is 5.96 Å². The van der Waals surface area contributed by atoms with E-state index in [4.69, 9.17) is 9.47 Å². The molecule has 0 aliphatic carbocycles.